The smallest absolute Gasteiger partial charge is 0.267 e. The average molecular weight is 411 g/mol. The Balaban J connectivity index is 1.32. The molecule has 0 bridgehead atoms. The van der Waals surface area contributed by atoms with Crippen molar-refractivity contribution in [2.24, 2.45) is 14.1 Å². The zero-order chi connectivity index (χ0) is 20.8. The van der Waals surface area contributed by atoms with E-state index in [1.54, 1.807) is 35.7 Å². The van der Waals surface area contributed by atoms with Crippen LogP contribution < -0.4 is 16.4 Å². The number of rotatable bonds is 3. The van der Waals surface area contributed by atoms with E-state index in [1.807, 2.05) is 0 Å². The van der Waals surface area contributed by atoms with E-state index < -0.39 is 0 Å². The van der Waals surface area contributed by atoms with Gasteiger partial charge >= 0.3 is 0 Å². The van der Waals surface area contributed by atoms with Gasteiger partial charge in [0.05, 0.1) is 31.1 Å². The first kappa shape index (κ1) is 19.0. The summed E-state index contributed by atoms with van der Waals surface area (Å²) in [6, 6.07) is 1.96. The third-order valence-electron chi connectivity index (χ3n) is 6.21. The van der Waals surface area contributed by atoms with Crippen molar-refractivity contribution in [2.75, 3.05) is 11.9 Å². The summed E-state index contributed by atoms with van der Waals surface area (Å²) >= 11 is 0. The maximum absolute atomic E-state index is 12.6. The normalized spacial score (nSPS) is 21.5. The van der Waals surface area contributed by atoms with Crippen molar-refractivity contribution >= 4 is 17.0 Å². The highest BCUT2D eigenvalue weighted by atomic mass is 16.5. The molecule has 10 nitrogen and oxygen atoms in total. The molecule has 4 heterocycles. The minimum Gasteiger partial charge on any atom is -0.376 e. The number of fused-ring (bicyclic) bond motifs is 2. The molecule has 1 aliphatic heterocycles. The maximum Gasteiger partial charge on any atom is 0.267 e. The number of aryl methyl sites for hydroxylation is 1. The Hall–Kier alpha value is -3.01. The number of ether oxygens (including phenoxy) is 1. The van der Waals surface area contributed by atoms with Crippen molar-refractivity contribution in [3.05, 3.63) is 44.2 Å². The first-order valence-electron chi connectivity index (χ1n) is 10.4. The van der Waals surface area contributed by atoms with E-state index in [9.17, 15) is 9.59 Å². The van der Waals surface area contributed by atoms with Crippen molar-refractivity contribution in [3.63, 3.8) is 0 Å². The fraction of sp³-hybridized carbons (Fsp3) is 0.550. The molecule has 1 aliphatic carbocycles. The number of hydrogen-bond acceptors (Lipinski definition) is 7. The molecule has 3 aromatic rings. The molecule has 0 unspecified atom stereocenters. The van der Waals surface area contributed by atoms with E-state index in [0.29, 0.717) is 30.2 Å². The van der Waals surface area contributed by atoms with Gasteiger partial charge in [-0.2, -0.15) is 15.2 Å². The van der Waals surface area contributed by atoms with Crippen LogP contribution >= 0.6 is 0 Å². The van der Waals surface area contributed by atoms with E-state index in [2.05, 4.69) is 20.5 Å². The van der Waals surface area contributed by atoms with Gasteiger partial charge in [-0.25, -0.2) is 4.68 Å². The predicted molar refractivity (Wildman–Crippen MR) is 111 cm³/mol. The molecule has 3 aromatic heterocycles. The molecule has 0 amide bonds. The summed E-state index contributed by atoms with van der Waals surface area (Å²) in [5, 5.41) is 12.7. The largest absolute Gasteiger partial charge is 0.376 e. The van der Waals surface area contributed by atoms with Gasteiger partial charge in [-0.05, 0) is 25.7 Å². The second-order valence-corrected chi connectivity index (χ2v) is 8.16. The highest BCUT2D eigenvalue weighted by Crippen LogP contribution is 2.29. The first-order chi connectivity index (χ1) is 14.5. The lowest BCUT2D eigenvalue weighted by molar-refractivity contribution is 0.107. The number of nitrogens with zero attached hydrogens (tertiary/aromatic N) is 6. The molecule has 158 valence electrons. The summed E-state index contributed by atoms with van der Waals surface area (Å²) in [6.07, 6.45) is 5.75. The third kappa shape index (κ3) is 3.20. The van der Waals surface area contributed by atoms with E-state index in [0.717, 1.165) is 43.4 Å². The molecule has 1 saturated carbocycles. The van der Waals surface area contributed by atoms with Crippen LogP contribution in [0.4, 0.5) is 5.95 Å². The minimum atomic E-state index is -0.113. The lowest BCUT2D eigenvalue weighted by Gasteiger charge is -2.30. The van der Waals surface area contributed by atoms with E-state index in [1.165, 1.54) is 4.57 Å². The Morgan fingerprint density at radius 1 is 1.17 bits per heavy atom. The zero-order valence-electron chi connectivity index (χ0n) is 17.2. The molecular formula is C20H25N7O3. The number of aromatic nitrogens is 6. The van der Waals surface area contributed by atoms with Crippen molar-refractivity contribution in [3.8, 4) is 0 Å². The summed E-state index contributed by atoms with van der Waals surface area (Å²) in [5.74, 6) is 0.545. The molecule has 0 saturated heterocycles. The van der Waals surface area contributed by atoms with Crippen molar-refractivity contribution in [1.82, 2.24) is 29.1 Å². The van der Waals surface area contributed by atoms with Crippen LogP contribution in [-0.4, -0.2) is 41.8 Å². The van der Waals surface area contributed by atoms with Crippen LogP contribution in [0.5, 0.6) is 0 Å². The lowest BCUT2D eigenvalue weighted by atomic mass is 9.91. The Labute approximate surface area is 172 Å². The molecule has 2 aliphatic rings. The molecule has 1 fully saturated rings. The Morgan fingerprint density at radius 3 is 2.77 bits per heavy atom. The monoisotopic (exact) mass is 411 g/mol. The fourth-order valence-electron chi connectivity index (χ4n) is 4.43. The van der Waals surface area contributed by atoms with Crippen LogP contribution in [-0.2, 0) is 31.9 Å². The van der Waals surface area contributed by atoms with Gasteiger partial charge in [-0.3, -0.25) is 18.8 Å². The Kier molecular flexibility index (Phi) is 4.65. The fourth-order valence-corrected chi connectivity index (χ4v) is 4.43. The Morgan fingerprint density at radius 2 is 1.97 bits per heavy atom. The quantitative estimate of drug-likeness (QED) is 0.682. The number of nitrogens with one attached hydrogen (secondary N) is 1. The SMILES string of the molecule is Cn1c(NC2CCC(n3nc4c(cc3=O)COCC4)CC2)nc2c(cnn2C)c1=O. The van der Waals surface area contributed by atoms with Gasteiger partial charge in [0, 0.05) is 38.2 Å². The van der Waals surface area contributed by atoms with E-state index in [4.69, 9.17) is 4.74 Å². The van der Waals surface area contributed by atoms with E-state index in [-0.39, 0.29) is 23.2 Å². The van der Waals surface area contributed by atoms with Crippen LogP contribution in [0.25, 0.3) is 11.0 Å². The van der Waals surface area contributed by atoms with Gasteiger partial charge in [-0.1, -0.05) is 0 Å². The van der Waals surface area contributed by atoms with Crippen LogP contribution in [0.2, 0.25) is 0 Å². The molecule has 5 rings (SSSR count). The minimum absolute atomic E-state index is 0.0543. The average Bonchev–Trinajstić information content (AvgIpc) is 3.12. The lowest BCUT2D eigenvalue weighted by Crippen LogP contribution is -2.36. The van der Waals surface area contributed by atoms with Crippen molar-refractivity contribution in [1.29, 1.82) is 0 Å². The van der Waals surface area contributed by atoms with Crippen LogP contribution in [0.1, 0.15) is 43.0 Å². The summed E-state index contributed by atoms with van der Waals surface area (Å²) in [5.41, 5.74) is 2.29. The predicted octanol–water partition coefficient (Wildman–Crippen LogP) is 0.892. The first-order valence-corrected chi connectivity index (χ1v) is 10.4. The molecular weight excluding hydrogens is 386 g/mol. The van der Waals surface area contributed by atoms with Gasteiger partial charge in [-0.15, -0.1) is 0 Å². The molecule has 1 N–H and O–H groups in total. The molecule has 0 radical (unpaired) electrons. The van der Waals surface area contributed by atoms with Crippen LogP contribution in [0.3, 0.4) is 0 Å². The topological polar surface area (TPSA) is 109 Å². The molecule has 0 spiro atoms. The summed E-state index contributed by atoms with van der Waals surface area (Å²) in [7, 11) is 3.50. The summed E-state index contributed by atoms with van der Waals surface area (Å²) < 4.78 is 10.2. The number of hydrogen-bond donors (Lipinski definition) is 1. The van der Waals surface area contributed by atoms with Gasteiger partial charge in [0.2, 0.25) is 5.95 Å². The van der Waals surface area contributed by atoms with Crippen molar-refractivity contribution < 1.29 is 4.74 Å². The summed E-state index contributed by atoms with van der Waals surface area (Å²) in [6.45, 7) is 1.13. The number of anilines is 1. The van der Waals surface area contributed by atoms with Gasteiger partial charge in [0.25, 0.3) is 11.1 Å². The molecule has 0 aromatic carbocycles. The maximum atomic E-state index is 12.6. The molecule has 0 atom stereocenters. The van der Waals surface area contributed by atoms with Crippen LogP contribution in [0.15, 0.2) is 21.9 Å². The third-order valence-corrected chi connectivity index (χ3v) is 6.21. The highest BCUT2D eigenvalue weighted by Gasteiger charge is 2.26. The van der Waals surface area contributed by atoms with Gasteiger partial charge < -0.3 is 10.1 Å². The molecule has 10 heteroatoms. The standard InChI is InChI=1S/C20H25N7O3/c1-25-19(29)15-10-21-26(2)18(15)23-20(25)22-13-3-5-14(6-4-13)27-17(28)9-12-11-30-8-7-16(12)24-27/h9-10,13-14H,3-8,11H2,1-2H3,(H,22,23). The van der Waals surface area contributed by atoms with Gasteiger partial charge in [0.1, 0.15) is 5.39 Å². The zero-order valence-corrected chi connectivity index (χ0v) is 17.2. The van der Waals surface area contributed by atoms with Crippen LogP contribution in [0, 0.1) is 0 Å². The van der Waals surface area contributed by atoms with E-state index >= 15 is 0 Å². The Bertz CT molecular complexity index is 1220. The second-order valence-electron chi connectivity index (χ2n) is 8.16. The molecule has 30 heavy (non-hydrogen) atoms. The summed E-state index contributed by atoms with van der Waals surface area (Å²) in [4.78, 5) is 29.7. The van der Waals surface area contributed by atoms with Gasteiger partial charge in [0.15, 0.2) is 5.65 Å². The van der Waals surface area contributed by atoms with Crippen molar-refractivity contribution in [2.45, 2.75) is 50.8 Å². The second kappa shape index (κ2) is 7.35. The highest BCUT2D eigenvalue weighted by molar-refractivity contribution is 5.74.